The van der Waals surface area contributed by atoms with E-state index in [1.807, 2.05) is 17.0 Å². The number of nitrogens with one attached hydrogen (secondary N) is 3. The molecule has 3 N–H and O–H groups in total. The van der Waals surface area contributed by atoms with E-state index in [2.05, 4.69) is 15.6 Å². The smallest absolute Gasteiger partial charge is 0.407 e. The summed E-state index contributed by atoms with van der Waals surface area (Å²) in [6.45, 7) is 7.18. The van der Waals surface area contributed by atoms with Crippen LogP contribution in [0.1, 0.15) is 102 Å². The van der Waals surface area contributed by atoms with E-state index < -0.39 is 36.4 Å². The van der Waals surface area contributed by atoms with Crippen LogP contribution in [0.15, 0.2) is 24.3 Å². The number of carbonyl (C=O) groups excluding carboxylic acids is 4. The first-order valence-corrected chi connectivity index (χ1v) is 17.4. The summed E-state index contributed by atoms with van der Waals surface area (Å²) < 4.78 is 24.5. The van der Waals surface area contributed by atoms with Crippen LogP contribution >= 0.6 is 0 Å². The third kappa shape index (κ3) is 8.46. The minimum Gasteiger partial charge on any atom is -0.461 e. The average Bonchev–Trinajstić information content (AvgIpc) is 3.68. The number of hydrogen-bond donors (Lipinski definition) is 3. The molecule has 10 nitrogen and oxygen atoms in total. The Morgan fingerprint density at radius 2 is 1.72 bits per heavy atom. The van der Waals surface area contributed by atoms with Gasteiger partial charge in [-0.25, -0.2) is 14.0 Å². The number of aromatic nitrogens is 1. The second kappa shape index (κ2) is 15.1. The average molecular weight is 655 g/mol. The van der Waals surface area contributed by atoms with E-state index in [0.29, 0.717) is 49.5 Å². The minimum atomic E-state index is -0.696. The third-order valence-corrected chi connectivity index (χ3v) is 10.2. The number of halogens is 1. The fourth-order valence-corrected chi connectivity index (χ4v) is 7.95. The number of carbonyl (C=O) groups is 4. The first-order chi connectivity index (χ1) is 22.5. The molecule has 0 bridgehead atoms. The fraction of sp³-hybridized carbons (Fsp3) is 0.667. The number of esters is 1. The number of alkyl carbamates (subject to hydrolysis) is 1. The highest BCUT2D eigenvalue weighted by molar-refractivity contribution is 6.01. The van der Waals surface area contributed by atoms with Crippen LogP contribution < -0.4 is 10.6 Å². The Labute approximate surface area is 276 Å². The van der Waals surface area contributed by atoms with Gasteiger partial charge in [0.15, 0.2) is 0 Å². The van der Waals surface area contributed by atoms with Gasteiger partial charge in [0.05, 0.1) is 12.6 Å². The molecule has 258 valence electrons. The maximum absolute atomic E-state index is 14.1. The zero-order valence-corrected chi connectivity index (χ0v) is 28.2. The lowest BCUT2D eigenvalue weighted by Gasteiger charge is -2.37. The van der Waals surface area contributed by atoms with Crippen molar-refractivity contribution in [2.24, 2.45) is 23.7 Å². The van der Waals surface area contributed by atoms with Crippen molar-refractivity contribution in [3.05, 3.63) is 30.0 Å². The van der Waals surface area contributed by atoms with Gasteiger partial charge in [-0.2, -0.15) is 0 Å². The van der Waals surface area contributed by atoms with Crippen LogP contribution in [0.2, 0.25) is 0 Å². The van der Waals surface area contributed by atoms with Gasteiger partial charge in [0, 0.05) is 29.1 Å². The SMILES string of the molecule is CCOC(=O)c1cc2cc(NC(=O)[C@@H]3[C@H](C4CCCCC4)CCN3C(=O)[C@H]3CC[C@@H]([C@H](CF)NC(=O)OC(C)(C)C)CC3)ccc2[nH]1. The number of aromatic amines is 1. The summed E-state index contributed by atoms with van der Waals surface area (Å²) in [5.41, 5.74) is 1.04. The number of alkyl halides is 1. The number of rotatable bonds is 9. The van der Waals surface area contributed by atoms with E-state index in [9.17, 15) is 23.6 Å². The molecule has 0 unspecified atom stereocenters. The lowest BCUT2D eigenvalue weighted by molar-refractivity contribution is -0.142. The second-order valence-corrected chi connectivity index (χ2v) is 14.5. The van der Waals surface area contributed by atoms with Crippen LogP contribution in [-0.4, -0.2) is 71.3 Å². The fourth-order valence-electron chi connectivity index (χ4n) is 7.95. The minimum absolute atomic E-state index is 0.000950. The number of anilines is 1. The second-order valence-electron chi connectivity index (χ2n) is 14.5. The topological polar surface area (TPSA) is 130 Å². The standard InChI is InChI=1S/C36H51FN4O6/c1-5-46-34(44)29-20-25-19-26(15-16-28(25)39-29)38-32(42)31-27(22-9-7-6-8-10-22)17-18-41(31)33(43)24-13-11-23(12-14-24)30(21-37)40-35(45)47-36(2,3)4/h15-16,19-20,22-24,27,30-31,39H,5-14,17-18,21H2,1-4H3,(H,38,42)(H,40,45)/t23-,24+,27-,30-,31-/m0/s1. The molecule has 3 aliphatic rings. The van der Waals surface area contributed by atoms with E-state index in [0.717, 1.165) is 43.0 Å². The highest BCUT2D eigenvalue weighted by Crippen LogP contribution is 2.41. The number of benzene rings is 1. The van der Waals surface area contributed by atoms with Crippen molar-refractivity contribution in [1.82, 2.24) is 15.2 Å². The quantitative estimate of drug-likeness (QED) is 0.257. The summed E-state index contributed by atoms with van der Waals surface area (Å²) in [7, 11) is 0. The highest BCUT2D eigenvalue weighted by atomic mass is 19.1. The van der Waals surface area contributed by atoms with Crippen molar-refractivity contribution in [3.63, 3.8) is 0 Å². The summed E-state index contributed by atoms with van der Waals surface area (Å²) in [6.07, 6.45) is 8.21. The Kier molecular flexibility index (Phi) is 11.1. The molecule has 2 saturated carbocycles. The van der Waals surface area contributed by atoms with Gasteiger partial charge in [-0.05, 0) is 102 Å². The molecule has 1 saturated heterocycles. The molecule has 1 aromatic carbocycles. The van der Waals surface area contributed by atoms with E-state index >= 15 is 0 Å². The Balaban J connectivity index is 1.27. The molecule has 3 atom stereocenters. The number of hydrogen-bond acceptors (Lipinski definition) is 6. The van der Waals surface area contributed by atoms with Crippen LogP contribution in [0.4, 0.5) is 14.9 Å². The Hall–Kier alpha value is -3.63. The molecule has 1 aliphatic heterocycles. The summed E-state index contributed by atoms with van der Waals surface area (Å²) in [4.78, 5) is 57.6. The van der Waals surface area contributed by atoms with Gasteiger partial charge in [0.1, 0.15) is 24.0 Å². The lowest BCUT2D eigenvalue weighted by atomic mass is 9.76. The van der Waals surface area contributed by atoms with Crippen molar-refractivity contribution in [3.8, 4) is 0 Å². The summed E-state index contributed by atoms with van der Waals surface area (Å²) in [6, 6.07) is 5.95. The van der Waals surface area contributed by atoms with Gasteiger partial charge in [-0.15, -0.1) is 0 Å². The maximum atomic E-state index is 14.1. The van der Waals surface area contributed by atoms with Gasteiger partial charge in [-0.3, -0.25) is 9.59 Å². The summed E-state index contributed by atoms with van der Waals surface area (Å²) >= 11 is 0. The summed E-state index contributed by atoms with van der Waals surface area (Å²) in [5.74, 6) is -0.452. The number of amides is 3. The molecule has 11 heteroatoms. The molecular formula is C36H51FN4O6. The maximum Gasteiger partial charge on any atom is 0.407 e. The number of fused-ring (bicyclic) bond motifs is 1. The molecule has 3 amide bonds. The van der Waals surface area contributed by atoms with Crippen LogP contribution in [0.25, 0.3) is 10.9 Å². The van der Waals surface area contributed by atoms with Crippen molar-refractivity contribution in [1.29, 1.82) is 0 Å². The van der Waals surface area contributed by atoms with Crippen LogP contribution in [-0.2, 0) is 19.1 Å². The zero-order chi connectivity index (χ0) is 33.7. The Morgan fingerprint density at radius 3 is 2.38 bits per heavy atom. The van der Waals surface area contributed by atoms with Gasteiger partial charge >= 0.3 is 12.1 Å². The number of ether oxygens (including phenoxy) is 2. The van der Waals surface area contributed by atoms with Crippen molar-refractivity contribution in [2.45, 2.75) is 110 Å². The zero-order valence-electron chi connectivity index (χ0n) is 28.2. The van der Waals surface area contributed by atoms with E-state index in [-0.39, 0.29) is 36.2 Å². The van der Waals surface area contributed by atoms with Gasteiger partial charge in [-0.1, -0.05) is 32.1 Å². The highest BCUT2D eigenvalue weighted by Gasteiger charge is 2.47. The van der Waals surface area contributed by atoms with Gasteiger partial charge < -0.3 is 30.0 Å². The largest absolute Gasteiger partial charge is 0.461 e. The monoisotopic (exact) mass is 654 g/mol. The number of H-pyrrole nitrogens is 1. The molecule has 0 spiro atoms. The Bertz CT molecular complexity index is 1420. The Morgan fingerprint density at radius 1 is 1.00 bits per heavy atom. The number of nitrogens with zero attached hydrogens (tertiary/aromatic N) is 1. The normalized spacial score (nSPS) is 24.5. The molecule has 5 rings (SSSR count). The van der Waals surface area contributed by atoms with E-state index in [4.69, 9.17) is 9.47 Å². The molecule has 1 aromatic heterocycles. The van der Waals surface area contributed by atoms with Crippen molar-refractivity contribution in [2.75, 3.05) is 25.1 Å². The number of likely N-dealkylation sites (tertiary alicyclic amines) is 1. The van der Waals surface area contributed by atoms with Crippen molar-refractivity contribution >= 4 is 40.5 Å². The van der Waals surface area contributed by atoms with Gasteiger partial charge in [0.25, 0.3) is 0 Å². The molecule has 2 heterocycles. The van der Waals surface area contributed by atoms with Gasteiger partial charge in [0.2, 0.25) is 11.8 Å². The molecule has 2 aliphatic carbocycles. The molecular weight excluding hydrogens is 603 g/mol. The van der Waals surface area contributed by atoms with Crippen LogP contribution in [0.3, 0.4) is 0 Å². The lowest BCUT2D eigenvalue weighted by Crippen LogP contribution is -2.50. The predicted molar refractivity (Wildman–Crippen MR) is 178 cm³/mol. The van der Waals surface area contributed by atoms with Crippen LogP contribution in [0.5, 0.6) is 0 Å². The molecule has 3 fully saturated rings. The first-order valence-electron chi connectivity index (χ1n) is 17.4. The van der Waals surface area contributed by atoms with E-state index in [1.54, 1.807) is 39.8 Å². The van der Waals surface area contributed by atoms with Crippen LogP contribution in [0, 0.1) is 23.7 Å². The third-order valence-electron chi connectivity index (χ3n) is 10.2. The predicted octanol–water partition coefficient (Wildman–Crippen LogP) is 6.75. The molecule has 0 radical (unpaired) electrons. The van der Waals surface area contributed by atoms with E-state index in [1.165, 1.54) is 6.42 Å². The first kappa shape index (κ1) is 34.7. The van der Waals surface area contributed by atoms with Crippen molar-refractivity contribution < 1.29 is 33.0 Å². The summed E-state index contributed by atoms with van der Waals surface area (Å²) in [5, 5.41) is 6.57. The molecule has 47 heavy (non-hydrogen) atoms. The molecule has 2 aromatic rings.